The fraction of sp³-hybridized carbons (Fsp3) is 0.632. The second kappa shape index (κ2) is 12.6. The fourth-order valence-corrected chi connectivity index (χ4v) is 3.91. The largest absolute Gasteiger partial charge is 0.356 e. The normalized spacial score (nSPS) is 20.6. The van der Waals surface area contributed by atoms with Crippen LogP contribution in [-0.2, 0) is 16.6 Å². The minimum Gasteiger partial charge on any atom is -0.356 e. The van der Waals surface area contributed by atoms with Gasteiger partial charge in [-0.1, -0.05) is 30.3 Å². The third-order valence-electron chi connectivity index (χ3n) is 4.84. The molecule has 28 heavy (non-hydrogen) atoms. The topological polar surface area (TPSA) is 85.8 Å². The van der Waals surface area contributed by atoms with E-state index in [-0.39, 0.29) is 29.7 Å². The third-order valence-corrected chi connectivity index (χ3v) is 6.25. The van der Waals surface area contributed by atoms with Gasteiger partial charge in [-0.25, -0.2) is 13.1 Å². The standard InChI is InChI=1S/C19H33N5O2S.HI/c1-4-27(25,26)22-12-8-11-21-19(20-3)23-18-13-16(2)24(15-18)14-17-9-6-5-7-10-17;/h5-7,9-10,16,18,22H,4,8,11-15H2,1-3H3,(H2,20,21,23);1H. The van der Waals surface area contributed by atoms with Gasteiger partial charge in [-0.3, -0.25) is 9.89 Å². The molecule has 0 amide bonds. The number of hydrogen-bond acceptors (Lipinski definition) is 4. The highest BCUT2D eigenvalue weighted by atomic mass is 127. The molecule has 1 aliphatic rings. The number of likely N-dealkylation sites (tertiary alicyclic amines) is 1. The van der Waals surface area contributed by atoms with E-state index in [1.807, 2.05) is 6.07 Å². The summed E-state index contributed by atoms with van der Waals surface area (Å²) in [5.74, 6) is 0.885. The molecule has 1 aliphatic heterocycles. The molecule has 2 atom stereocenters. The van der Waals surface area contributed by atoms with E-state index in [4.69, 9.17) is 0 Å². The van der Waals surface area contributed by atoms with E-state index in [0.717, 1.165) is 25.5 Å². The number of rotatable bonds is 9. The Morgan fingerprint density at radius 3 is 2.61 bits per heavy atom. The molecule has 9 heteroatoms. The predicted molar refractivity (Wildman–Crippen MR) is 127 cm³/mol. The molecule has 1 aromatic carbocycles. The number of benzene rings is 1. The van der Waals surface area contributed by atoms with Crippen molar-refractivity contribution in [2.75, 3.05) is 32.4 Å². The number of nitrogens with one attached hydrogen (secondary N) is 3. The van der Waals surface area contributed by atoms with E-state index in [0.29, 0.717) is 31.6 Å². The maximum Gasteiger partial charge on any atom is 0.211 e. The minimum atomic E-state index is -3.11. The molecule has 1 aromatic rings. The van der Waals surface area contributed by atoms with Crippen molar-refractivity contribution in [3.63, 3.8) is 0 Å². The highest BCUT2D eigenvalue weighted by molar-refractivity contribution is 14.0. The van der Waals surface area contributed by atoms with Crippen molar-refractivity contribution in [1.82, 2.24) is 20.3 Å². The summed E-state index contributed by atoms with van der Waals surface area (Å²) in [4.78, 5) is 6.77. The average molecular weight is 523 g/mol. The Labute approximate surface area is 186 Å². The van der Waals surface area contributed by atoms with E-state index in [1.54, 1.807) is 14.0 Å². The molecule has 160 valence electrons. The molecular formula is C19H34IN5O2S. The van der Waals surface area contributed by atoms with E-state index in [9.17, 15) is 8.42 Å². The summed E-state index contributed by atoms with van der Waals surface area (Å²) in [6, 6.07) is 11.4. The van der Waals surface area contributed by atoms with Gasteiger partial charge in [-0.05, 0) is 32.3 Å². The van der Waals surface area contributed by atoms with Crippen LogP contribution >= 0.6 is 24.0 Å². The van der Waals surface area contributed by atoms with Gasteiger partial charge in [0.1, 0.15) is 0 Å². The van der Waals surface area contributed by atoms with Gasteiger partial charge in [0, 0.05) is 45.3 Å². The first-order chi connectivity index (χ1) is 12.9. The van der Waals surface area contributed by atoms with Crippen molar-refractivity contribution in [3.8, 4) is 0 Å². The maximum absolute atomic E-state index is 11.4. The van der Waals surface area contributed by atoms with Gasteiger partial charge in [0.2, 0.25) is 10.0 Å². The van der Waals surface area contributed by atoms with Crippen molar-refractivity contribution >= 4 is 40.0 Å². The fourth-order valence-electron chi connectivity index (χ4n) is 3.25. The van der Waals surface area contributed by atoms with Gasteiger partial charge in [-0.2, -0.15) is 0 Å². The molecule has 1 heterocycles. The summed E-state index contributed by atoms with van der Waals surface area (Å²) in [7, 11) is -1.35. The summed E-state index contributed by atoms with van der Waals surface area (Å²) in [5.41, 5.74) is 1.34. The van der Waals surface area contributed by atoms with Crippen molar-refractivity contribution in [2.45, 2.75) is 45.3 Å². The van der Waals surface area contributed by atoms with Gasteiger partial charge >= 0.3 is 0 Å². The van der Waals surface area contributed by atoms with Gasteiger partial charge in [0.25, 0.3) is 0 Å². The van der Waals surface area contributed by atoms with Crippen LogP contribution in [-0.4, -0.2) is 63.8 Å². The van der Waals surface area contributed by atoms with Crippen LogP contribution in [0.1, 0.15) is 32.3 Å². The molecular weight excluding hydrogens is 489 g/mol. The molecule has 1 saturated heterocycles. The van der Waals surface area contributed by atoms with Crippen LogP contribution < -0.4 is 15.4 Å². The number of guanidine groups is 1. The first-order valence-corrected chi connectivity index (χ1v) is 11.3. The van der Waals surface area contributed by atoms with Crippen LogP contribution in [0, 0.1) is 0 Å². The first kappa shape index (κ1) is 25.1. The van der Waals surface area contributed by atoms with Crippen molar-refractivity contribution < 1.29 is 8.42 Å². The molecule has 2 rings (SSSR count). The number of aliphatic imine (C=N–C) groups is 1. The molecule has 2 unspecified atom stereocenters. The van der Waals surface area contributed by atoms with Gasteiger partial charge in [0.05, 0.1) is 5.75 Å². The lowest BCUT2D eigenvalue weighted by molar-refractivity contribution is 0.258. The molecule has 1 fully saturated rings. The lowest BCUT2D eigenvalue weighted by Crippen LogP contribution is -2.45. The quantitative estimate of drug-likeness (QED) is 0.199. The summed E-state index contributed by atoms with van der Waals surface area (Å²) in [6.07, 6.45) is 1.78. The molecule has 3 N–H and O–H groups in total. The SMILES string of the molecule is CCS(=O)(=O)NCCCNC(=NC)NC1CC(C)N(Cc2ccccc2)C1.I. The van der Waals surface area contributed by atoms with E-state index < -0.39 is 10.0 Å². The minimum absolute atomic E-state index is 0. The maximum atomic E-state index is 11.4. The molecule has 0 radical (unpaired) electrons. The van der Waals surface area contributed by atoms with Crippen LogP contribution in [0.2, 0.25) is 0 Å². The smallest absolute Gasteiger partial charge is 0.211 e. The lowest BCUT2D eigenvalue weighted by Gasteiger charge is -2.21. The Hall–Kier alpha value is -0.910. The Morgan fingerprint density at radius 1 is 1.25 bits per heavy atom. The highest BCUT2D eigenvalue weighted by Crippen LogP contribution is 2.20. The van der Waals surface area contributed by atoms with Gasteiger partial charge in [-0.15, -0.1) is 24.0 Å². The van der Waals surface area contributed by atoms with E-state index >= 15 is 0 Å². The number of nitrogens with zero attached hydrogens (tertiary/aromatic N) is 2. The van der Waals surface area contributed by atoms with Crippen molar-refractivity contribution in [1.29, 1.82) is 0 Å². The molecule has 0 saturated carbocycles. The van der Waals surface area contributed by atoms with Crippen LogP contribution in [0.5, 0.6) is 0 Å². The summed E-state index contributed by atoms with van der Waals surface area (Å²) < 4.78 is 25.4. The molecule has 0 bridgehead atoms. The number of sulfonamides is 1. The van der Waals surface area contributed by atoms with E-state index in [2.05, 4.69) is 56.4 Å². The van der Waals surface area contributed by atoms with Gasteiger partial charge in [0.15, 0.2) is 5.96 Å². The summed E-state index contributed by atoms with van der Waals surface area (Å²) >= 11 is 0. The van der Waals surface area contributed by atoms with Gasteiger partial charge < -0.3 is 10.6 Å². The second-order valence-electron chi connectivity index (χ2n) is 6.99. The zero-order chi connectivity index (χ0) is 19.7. The molecule has 7 nitrogen and oxygen atoms in total. The molecule has 0 spiro atoms. The van der Waals surface area contributed by atoms with Crippen LogP contribution in [0.15, 0.2) is 35.3 Å². The van der Waals surface area contributed by atoms with Crippen molar-refractivity contribution in [2.24, 2.45) is 4.99 Å². The Balaban J connectivity index is 0.00000392. The number of hydrogen-bond donors (Lipinski definition) is 3. The van der Waals surface area contributed by atoms with E-state index in [1.165, 1.54) is 5.56 Å². The van der Waals surface area contributed by atoms with Crippen LogP contribution in [0.3, 0.4) is 0 Å². The summed E-state index contributed by atoms with van der Waals surface area (Å²) in [5, 5.41) is 6.75. The predicted octanol–water partition coefficient (Wildman–Crippen LogP) is 1.76. The Morgan fingerprint density at radius 2 is 1.96 bits per heavy atom. The number of halogens is 1. The third kappa shape index (κ3) is 8.62. The van der Waals surface area contributed by atoms with Crippen LogP contribution in [0.25, 0.3) is 0 Å². The Bertz CT molecular complexity index is 700. The Kier molecular flexibility index (Phi) is 11.3. The molecule has 0 aromatic heterocycles. The second-order valence-corrected chi connectivity index (χ2v) is 9.09. The monoisotopic (exact) mass is 523 g/mol. The first-order valence-electron chi connectivity index (χ1n) is 9.66. The zero-order valence-corrected chi connectivity index (χ0v) is 20.2. The molecule has 0 aliphatic carbocycles. The highest BCUT2D eigenvalue weighted by Gasteiger charge is 2.29. The van der Waals surface area contributed by atoms with Crippen LogP contribution in [0.4, 0.5) is 0 Å². The lowest BCUT2D eigenvalue weighted by atomic mass is 10.2. The van der Waals surface area contributed by atoms with Crippen molar-refractivity contribution in [3.05, 3.63) is 35.9 Å². The summed E-state index contributed by atoms with van der Waals surface area (Å²) in [6.45, 7) is 6.95. The zero-order valence-electron chi connectivity index (χ0n) is 17.0. The average Bonchev–Trinajstić information content (AvgIpc) is 3.00.